The normalized spacial score (nSPS) is 20.0. The summed E-state index contributed by atoms with van der Waals surface area (Å²) in [6.45, 7) is 3.45. The van der Waals surface area contributed by atoms with Crippen LogP contribution in [0.15, 0.2) is 65.8 Å². The van der Waals surface area contributed by atoms with Gasteiger partial charge in [-0.2, -0.15) is 0 Å². The van der Waals surface area contributed by atoms with E-state index in [0.717, 1.165) is 30.8 Å². The molecule has 2 aromatic carbocycles. The summed E-state index contributed by atoms with van der Waals surface area (Å²) in [5, 5.41) is 14.4. The van der Waals surface area contributed by atoms with Gasteiger partial charge >= 0.3 is 0 Å². The number of hydrogen-bond donors (Lipinski definition) is 2. The summed E-state index contributed by atoms with van der Waals surface area (Å²) in [4.78, 5) is 27.1. The molecule has 0 spiro atoms. The highest BCUT2D eigenvalue weighted by Crippen LogP contribution is 2.51. The molecule has 6 rings (SSSR count). The van der Waals surface area contributed by atoms with Crippen molar-refractivity contribution in [2.45, 2.75) is 44.6 Å². The van der Waals surface area contributed by atoms with Crippen molar-refractivity contribution in [2.24, 2.45) is 18.9 Å². The molecule has 2 fully saturated rings. The van der Waals surface area contributed by atoms with E-state index in [2.05, 4.69) is 27.8 Å². The fourth-order valence-electron chi connectivity index (χ4n) is 5.94. The van der Waals surface area contributed by atoms with Crippen LogP contribution >= 0.6 is 0 Å². The Labute approximate surface area is 236 Å². The zero-order chi connectivity index (χ0) is 28.7. The lowest BCUT2D eigenvalue weighted by Crippen LogP contribution is -2.43. The number of halogens is 2. The number of rotatable bonds is 9. The number of carbonyl (C=O) groups is 1. The third-order valence-electron chi connectivity index (χ3n) is 8.18. The summed E-state index contributed by atoms with van der Waals surface area (Å²) in [7, 11) is 1.88. The molecule has 4 aromatic rings. The van der Waals surface area contributed by atoms with Gasteiger partial charge in [-0.25, -0.2) is 8.78 Å². The molecule has 2 aliphatic rings. The molecule has 0 saturated heterocycles. The van der Waals surface area contributed by atoms with Crippen LogP contribution in [0.2, 0.25) is 0 Å². The van der Waals surface area contributed by atoms with Crippen LogP contribution in [-0.2, 0) is 19.0 Å². The number of nitrogens with zero attached hydrogens (tertiary/aromatic N) is 4. The van der Waals surface area contributed by atoms with E-state index in [-0.39, 0.29) is 11.3 Å². The van der Waals surface area contributed by atoms with Crippen molar-refractivity contribution in [3.8, 4) is 5.69 Å². The van der Waals surface area contributed by atoms with E-state index in [1.54, 1.807) is 24.7 Å². The number of aromatic nitrogens is 4. The molecular weight excluding hydrogens is 526 g/mol. The van der Waals surface area contributed by atoms with Crippen molar-refractivity contribution in [2.75, 3.05) is 11.9 Å². The zero-order valence-corrected chi connectivity index (χ0v) is 23.0. The minimum atomic E-state index is -0.722. The summed E-state index contributed by atoms with van der Waals surface area (Å²) >= 11 is 0. The van der Waals surface area contributed by atoms with E-state index in [0.29, 0.717) is 29.6 Å². The average Bonchev–Trinajstić information content (AvgIpc) is 3.66. The molecule has 2 aromatic heterocycles. The Morgan fingerprint density at radius 3 is 2.51 bits per heavy atom. The summed E-state index contributed by atoms with van der Waals surface area (Å²) < 4.78 is 31.9. The number of benzene rings is 2. The summed E-state index contributed by atoms with van der Waals surface area (Å²) in [6.07, 6.45) is 7.31. The third kappa shape index (κ3) is 5.31. The van der Waals surface area contributed by atoms with Gasteiger partial charge in [-0.3, -0.25) is 14.2 Å². The Morgan fingerprint density at radius 1 is 1.10 bits per heavy atom. The molecule has 0 aliphatic heterocycles. The van der Waals surface area contributed by atoms with Crippen molar-refractivity contribution in [3.63, 3.8) is 0 Å². The van der Waals surface area contributed by atoms with Crippen LogP contribution in [-0.4, -0.2) is 31.8 Å². The monoisotopic (exact) mass is 558 g/mol. The number of amides is 1. The molecule has 0 radical (unpaired) electrons. The highest BCUT2D eigenvalue weighted by molar-refractivity contribution is 6.04. The topological polar surface area (TPSA) is 93.8 Å². The van der Waals surface area contributed by atoms with Crippen LogP contribution in [0.1, 0.15) is 59.9 Å². The number of hydrogen-bond acceptors (Lipinski definition) is 5. The molecule has 212 valence electrons. The number of carbonyl (C=O) groups excluding carboxylic acids is 1. The maximum atomic E-state index is 15.1. The van der Waals surface area contributed by atoms with Gasteiger partial charge in [0.25, 0.3) is 11.5 Å². The minimum Gasteiger partial charge on any atom is -0.320 e. The van der Waals surface area contributed by atoms with Crippen molar-refractivity contribution >= 4 is 11.6 Å². The summed E-state index contributed by atoms with van der Waals surface area (Å²) in [6, 6.07) is 11.7. The number of anilines is 1. The van der Waals surface area contributed by atoms with Gasteiger partial charge in [-0.05, 0) is 97.7 Å². The molecule has 0 atom stereocenters. The average molecular weight is 559 g/mol. The van der Waals surface area contributed by atoms with Crippen LogP contribution in [0.3, 0.4) is 0 Å². The Hall–Kier alpha value is -4.18. The fraction of sp³-hybridized carbons (Fsp3) is 0.355. The first-order valence-corrected chi connectivity index (χ1v) is 13.9. The van der Waals surface area contributed by atoms with Crippen LogP contribution in [0.5, 0.6) is 0 Å². The van der Waals surface area contributed by atoms with Crippen molar-refractivity contribution in [3.05, 3.63) is 106 Å². The van der Waals surface area contributed by atoms with Gasteiger partial charge < -0.3 is 15.2 Å². The second kappa shape index (κ2) is 10.7. The van der Waals surface area contributed by atoms with Crippen LogP contribution in [0.25, 0.3) is 5.69 Å². The predicted octanol–water partition coefficient (Wildman–Crippen LogP) is 4.71. The molecule has 8 nitrogen and oxygen atoms in total. The smallest absolute Gasteiger partial charge is 0.267 e. The quantitative estimate of drug-likeness (QED) is 0.310. The van der Waals surface area contributed by atoms with Gasteiger partial charge in [-0.15, -0.1) is 10.2 Å². The first-order valence-electron chi connectivity index (χ1n) is 13.9. The van der Waals surface area contributed by atoms with Crippen molar-refractivity contribution in [1.82, 2.24) is 24.6 Å². The summed E-state index contributed by atoms with van der Waals surface area (Å²) in [5.74, 6) is 0.130. The van der Waals surface area contributed by atoms with Crippen molar-refractivity contribution < 1.29 is 13.6 Å². The lowest BCUT2D eigenvalue weighted by atomic mass is 9.58. The Balaban J connectivity index is 1.33. The van der Waals surface area contributed by atoms with E-state index >= 15 is 4.39 Å². The molecule has 41 heavy (non-hydrogen) atoms. The van der Waals surface area contributed by atoms with Gasteiger partial charge in [0.2, 0.25) is 0 Å². The van der Waals surface area contributed by atoms with E-state index in [9.17, 15) is 14.0 Å². The van der Waals surface area contributed by atoms with E-state index in [4.69, 9.17) is 0 Å². The molecule has 2 saturated carbocycles. The highest BCUT2D eigenvalue weighted by Gasteiger charge is 2.48. The Kier molecular flexibility index (Phi) is 7.03. The highest BCUT2D eigenvalue weighted by atomic mass is 19.1. The lowest BCUT2D eigenvalue weighted by molar-refractivity contribution is 0.102. The molecule has 0 unspecified atom stereocenters. The van der Waals surface area contributed by atoms with Gasteiger partial charge in [0.1, 0.15) is 29.3 Å². The van der Waals surface area contributed by atoms with Gasteiger partial charge in [0.05, 0.1) is 11.1 Å². The van der Waals surface area contributed by atoms with E-state index in [1.165, 1.54) is 53.8 Å². The largest absolute Gasteiger partial charge is 0.320 e. The molecule has 10 heteroatoms. The number of aryl methyl sites for hydroxylation is 1. The first kappa shape index (κ1) is 27.0. The third-order valence-corrected chi connectivity index (χ3v) is 8.18. The second-order valence-corrected chi connectivity index (χ2v) is 11.5. The second-order valence-electron chi connectivity index (χ2n) is 11.5. The molecule has 2 N–H and O–H groups in total. The first-order chi connectivity index (χ1) is 19.7. The van der Waals surface area contributed by atoms with E-state index in [1.807, 2.05) is 11.6 Å². The molecule has 0 bridgehead atoms. The predicted molar refractivity (Wildman–Crippen MR) is 151 cm³/mol. The number of nitrogens with one attached hydrogen (secondary N) is 2. The van der Waals surface area contributed by atoms with Crippen LogP contribution in [0.4, 0.5) is 14.5 Å². The molecule has 2 aliphatic carbocycles. The maximum Gasteiger partial charge on any atom is 0.267 e. The van der Waals surface area contributed by atoms with Crippen molar-refractivity contribution in [1.29, 1.82) is 0 Å². The Bertz CT molecular complexity index is 1650. The lowest BCUT2D eigenvalue weighted by Gasteiger charge is -2.46. The SMILES string of the molecule is CC1CC(c2ccc(F)c(NC(=O)c3cc(CNCC4CC4)cn(-c4ccc(F)cc4)c3=O)c2)(c2nncn2C)C1. The molecule has 2 heterocycles. The summed E-state index contributed by atoms with van der Waals surface area (Å²) in [5.41, 5.74) is 0.778. The van der Waals surface area contributed by atoms with Gasteiger partial charge in [-0.1, -0.05) is 13.0 Å². The van der Waals surface area contributed by atoms with Gasteiger partial charge in [0, 0.05) is 25.5 Å². The van der Waals surface area contributed by atoms with E-state index < -0.39 is 28.5 Å². The number of pyridine rings is 1. The van der Waals surface area contributed by atoms with Crippen LogP contribution < -0.4 is 16.2 Å². The fourth-order valence-corrected chi connectivity index (χ4v) is 5.94. The standard InChI is InChI=1S/C31H32F2N6O2/c1-19-13-31(14-19,30-37-35-18-38(30)2)22-5-10-26(33)27(12-22)36-28(40)25-11-21(16-34-15-20-3-4-20)17-39(29(25)41)24-8-6-23(32)7-9-24/h5-12,17-20,34H,3-4,13-16H2,1-2H3,(H,36,40). The molecular formula is C31H32F2N6O2. The minimum absolute atomic E-state index is 0.0152. The zero-order valence-electron chi connectivity index (χ0n) is 23.0. The maximum absolute atomic E-state index is 15.1. The Morgan fingerprint density at radius 2 is 1.85 bits per heavy atom. The van der Waals surface area contributed by atoms with Gasteiger partial charge in [0.15, 0.2) is 0 Å². The molecule has 1 amide bonds. The van der Waals surface area contributed by atoms with Crippen LogP contribution in [0, 0.1) is 23.5 Å².